The van der Waals surface area contributed by atoms with Gasteiger partial charge in [-0.25, -0.2) is 0 Å². The Morgan fingerprint density at radius 2 is 1.71 bits per heavy atom. The maximum atomic E-state index is 13.1. The van der Waals surface area contributed by atoms with Crippen LogP contribution in [0.15, 0.2) is 48.5 Å². The Morgan fingerprint density at radius 1 is 0.971 bits per heavy atom. The Kier molecular flexibility index (Phi) is 6.94. The Labute approximate surface area is 208 Å². The summed E-state index contributed by atoms with van der Waals surface area (Å²) in [6.45, 7) is 2.74. The first-order chi connectivity index (χ1) is 17.0. The number of fused-ring (bicyclic) bond motifs is 1. The van der Waals surface area contributed by atoms with E-state index in [9.17, 15) is 14.7 Å². The number of hydrogen-bond acceptors (Lipinski definition) is 4. The van der Waals surface area contributed by atoms with Crippen molar-refractivity contribution in [3.63, 3.8) is 0 Å². The van der Waals surface area contributed by atoms with Crippen molar-refractivity contribution in [1.82, 2.24) is 14.7 Å². The SMILES string of the molecule is CN(C)C(=O)c1cccc(-c2ccc([C@H]3[C@H]4CN(C(=O)C5CCC5)CCCCN4[C@H]3CO)cc2)c1. The number of aliphatic hydroxyl groups excluding tert-OH is 1. The van der Waals surface area contributed by atoms with E-state index in [0.717, 1.165) is 56.4 Å². The lowest BCUT2D eigenvalue weighted by molar-refractivity contribution is -0.143. The van der Waals surface area contributed by atoms with Crippen molar-refractivity contribution >= 4 is 11.8 Å². The number of nitrogens with zero attached hydrogens (tertiary/aromatic N) is 3. The molecular formula is C29H37N3O3. The highest BCUT2D eigenvalue weighted by atomic mass is 16.3. The summed E-state index contributed by atoms with van der Waals surface area (Å²) in [4.78, 5) is 31.6. The molecule has 2 aliphatic heterocycles. The zero-order valence-corrected chi connectivity index (χ0v) is 20.9. The first-order valence-corrected chi connectivity index (χ1v) is 13.1. The molecule has 0 unspecified atom stereocenters. The molecular weight excluding hydrogens is 438 g/mol. The third kappa shape index (κ3) is 4.62. The molecule has 2 aromatic rings. The average molecular weight is 476 g/mol. The summed E-state index contributed by atoms with van der Waals surface area (Å²) < 4.78 is 0. The minimum Gasteiger partial charge on any atom is -0.395 e. The number of amides is 2. The molecule has 0 radical (unpaired) electrons. The molecule has 1 aliphatic carbocycles. The molecule has 2 saturated heterocycles. The topological polar surface area (TPSA) is 64.1 Å². The van der Waals surface area contributed by atoms with Crippen molar-refractivity contribution in [3.8, 4) is 11.1 Å². The fourth-order valence-electron chi connectivity index (χ4n) is 6.04. The summed E-state index contributed by atoms with van der Waals surface area (Å²) in [5.41, 5.74) is 3.98. The first kappa shape index (κ1) is 24.0. The quantitative estimate of drug-likeness (QED) is 0.718. The molecule has 2 amide bonds. The van der Waals surface area contributed by atoms with E-state index in [0.29, 0.717) is 11.5 Å². The Hall–Kier alpha value is -2.70. The van der Waals surface area contributed by atoms with Crippen LogP contribution < -0.4 is 0 Å². The summed E-state index contributed by atoms with van der Waals surface area (Å²) in [5.74, 6) is 0.774. The largest absolute Gasteiger partial charge is 0.395 e. The molecule has 2 heterocycles. The van der Waals surface area contributed by atoms with Gasteiger partial charge in [-0.3, -0.25) is 14.5 Å². The zero-order valence-electron chi connectivity index (χ0n) is 20.9. The molecule has 5 rings (SSSR count). The second kappa shape index (κ2) is 10.1. The summed E-state index contributed by atoms with van der Waals surface area (Å²) in [6, 6.07) is 16.7. The van der Waals surface area contributed by atoms with E-state index in [2.05, 4.69) is 34.1 Å². The number of rotatable bonds is 5. The van der Waals surface area contributed by atoms with Crippen LogP contribution in [0.3, 0.4) is 0 Å². The van der Waals surface area contributed by atoms with Crippen molar-refractivity contribution in [2.24, 2.45) is 5.92 Å². The minimum absolute atomic E-state index is 0.00546. The average Bonchev–Trinajstić information content (AvgIpc) is 2.82. The molecule has 3 atom stereocenters. The van der Waals surface area contributed by atoms with Crippen LogP contribution in [0.2, 0.25) is 0 Å². The van der Waals surface area contributed by atoms with E-state index < -0.39 is 0 Å². The van der Waals surface area contributed by atoms with Crippen LogP contribution in [0.1, 0.15) is 53.9 Å². The second-order valence-electron chi connectivity index (χ2n) is 10.6. The van der Waals surface area contributed by atoms with E-state index in [4.69, 9.17) is 0 Å². The van der Waals surface area contributed by atoms with Crippen molar-refractivity contribution in [1.29, 1.82) is 0 Å². The zero-order chi connectivity index (χ0) is 24.5. The Morgan fingerprint density at radius 3 is 2.37 bits per heavy atom. The molecule has 186 valence electrons. The Balaban J connectivity index is 1.36. The van der Waals surface area contributed by atoms with Crippen LogP contribution in [0, 0.1) is 5.92 Å². The van der Waals surface area contributed by atoms with E-state index in [-0.39, 0.29) is 36.4 Å². The lowest BCUT2D eigenvalue weighted by Crippen LogP contribution is -2.68. The molecule has 2 aromatic carbocycles. The molecule has 0 aromatic heterocycles. The molecule has 6 heteroatoms. The van der Waals surface area contributed by atoms with Crippen LogP contribution in [0.25, 0.3) is 11.1 Å². The summed E-state index contributed by atoms with van der Waals surface area (Å²) >= 11 is 0. The van der Waals surface area contributed by atoms with E-state index in [1.165, 1.54) is 12.0 Å². The smallest absolute Gasteiger partial charge is 0.253 e. The van der Waals surface area contributed by atoms with Crippen LogP contribution in [-0.4, -0.2) is 84.0 Å². The van der Waals surface area contributed by atoms with E-state index in [1.54, 1.807) is 19.0 Å². The fraction of sp³-hybridized carbons (Fsp3) is 0.517. The number of aliphatic hydroxyl groups is 1. The first-order valence-electron chi connectivity index (χ1n) is 13.1. The Bertz CT molecular complexity index is 1060. The molecule has 3 fully saturated rings. The van der Waals surface area contributed by atoms with Gasteiger partial charge in [-0.1, -0.05) is 42.8 Å². The van der Waals surface area contributed by atoms with Gasteiger partial charge in [-0.15, -0.1) is 0 Å². The van der Waals surface area contributed by atoms with Crippen LogP contribution in [-0.2, 0) is 4.79 Å². The van der Waals surface area contributed by atoms with Gasteiger partial charge in [0.05, 0.1) is 6.61 Å². The third-order valence-electron chi connectivity index (χ3n) is 8.28. The highest BCUT2D eigenvalue weighted by Gasteiger charge is 2.49. The lowest BCUT2D eigenvalue weighted by atomic mass is 9.74. The number of carbonyl (C=O) groups excluding carboxylic acids is 2. The third-order valence-corrected chi connectivity index (χ3v) is 8.28. The van der Waals surface area contributed by atoms with Gasteiger partial charge in [-0.2, -0.15) is 0 Å². The summed E-state index contributed by atoms with van der Waals surface area (Å²) in [7, 11) is 3.53. The second-order valence-corrected chi connectivity index (χ2v) is 10.6. The van der Waals surface area contributed by atoms with E-state index in [1.807, 2.05) is 24.3 Å². The van der Waals surface area contributed by atoms with Crippen molar-refractivity contribution in [3.05, 3.63) is 59.7 Å². The maximum absolute atomic E-state index is 13.1. The van der Waals surface area contributed by atoms with Gasteiger partial charge in [0.15, 0.2) is 0 Å². The summed E-state index contributed by atoms with van der Waals surface area (Å²) in [6.07, 6.45) is 5.35. The van der Waals surface area contributed by atoms with Gasteiger partial charge >= 0.3 is 0 Å². The number of benzene rings is 2. The van der Waals surface area contributed by atoms with Crippen molar-refractivity contribution < 1.29 is 14.7 Å². The minimum atomic E-state index is -0.00546. The van der Waals surface area contributed by atoms with Gasteiger partial charge in [0.1, 0.15) is 0 Å². The molecule has 35 heavy (non-hydrogen) atoms. The summed E-state index contributed by atoms with van der Waals surface area (Å²) in [5, 5.41) is 10.2. The lowest BCUT2D eigenvalue weighted by Gasteiger charge is -2.57. The van der Waals surface area contributed by atoms with Gasteiger partial charge in [0.25, 0.3) is 5.91 Å². The molecule has 6 nitrogen and oxygen atoms in total. The predicted molar refractivity (Wildman–Crippen MR) is 137 cm³/mol. The van der Waals surface area contributed by atoms with Crippen LogP contribution in [0.5, 0.6) is 0 Å². The number of carbonyl (C=O) groups is 2. The van der Waals surface area contributed by atoms with Crippen molar-refractivity contribution in [2.75, 3.05) is 40.3 Å². The molecule has 0 bridgehead atoms. The van der Waals surface area contributed by atoms with Crippen LogP contribution >= 0.6 is 0 Å². The van der Waals surface area contributed by atoms with E-state index >= 15 is 0 Å². The maximum Gasteiger partial charge on any atom is 0.253 e. The molecule has 3 aliphatic rings. The van der Waals surface area contributed by atoms with Gasteiger partial charge in [-0.05, 0) is 61.1 Å². The highest BCUT2D eigenvalue weighted by Crippen LogP contribution is 2.43. The standard InChI is InChI=1S/C29H37N3O3/c1-30(2)28(34)24-10-6-9-23(17-24)20-11-13-21(14-12-20)27-25-18-31(29(35)22-7-5-8-22)15-3-4-16-32(25)26(27)19-33/h6,9-14,17,22,25-27,33H,3-5,7-8,15-16,18-19H2,1-2H3/t25-,26+,27+/m1/s1. The van der Waals surface area contributed by atoms with Gasteiger partial charge in [0.2, 0.25) is 5.91 Å². The number of hydrogen-bond donors (Lipinski definition) is 1. The monoisotopic (exact) mass is 475 g/mol. The highest BCUT2D eigenvalue weighted by molar-refractivity contribution is 5.95. The molecule has 1 saturated carbocycles. The molecule has 0 spiro atoms. The van der Waals surface area contributed by atoms with Crippen molar-refractivity contribution in [2.45, 2.75) is 50.1 Å². The van der Waals surface area contributed by atoms with Gasteiger partial charge < -0.3 is 14.9 Å². The molecule has 1 N–H and O–H groups in total. The normalized spacial score (nSPS) is 25.0. The van der Waals surface area contributed by atoms with Crippen LogP contribution in [0.4, 0.5) is 0 Å². The fourth-order valence-corrected chi connectivity index (χ4v) is 6.04. The predicted octanol–water partition coefficient (Wildman–Crippen LogP) is 3.61. The van der Waals surface area contributed by atoms with Gasteiger partial charge in [0, 0.05) is 56.7 Å².